The molecule has 8 saturated carbocycles. The highest BCUT2D eigenvalue weighted by molar-refractivity contribution is 6.61. The topological polar surface area (TPSA) is 0 Å². The molecule has 4 saturated heterocycles. The summed E-state index contributed by atoms with van der Waals surface area (Å²) in [7, 11) is 6.30. The van der Waals surface area contributed by atoms with Crippen molar-refractivity contribution in [2.45, 2.75) is 47.4 Å². The number of rotatable bonds is 0. The van der Waals surface area contributed by atoms with E-state index in [1.165, 1.54) is 53.3 Å². The van der Waals surface area contributed by atoms with Gasteiger partial charge in [0, 0.05) is 0 Å². The second kappa shape index (κ2) is 1.65. The molecule has 12 aliphatic rings. The van der Waals surface area contributed by atoms with E-state index in [4.69, 9.17) is 0 Å². The first kappa shape index (κ1) is 9.00. The quantitative estimate of drug-likeness (QED) is 0.598. The lowest BCUT2D eigenvalue weighted by Crippen LogP contribution is -3.09. The van der Waals surface area contributed by atoms with Gasteiger partial charge in [0.05, 0.1) is 0 Å². The van der Waals surface area contributed by atoms with E-state index in [1.807, 2.05) is 0 Å². The Kier molecular flexibility index (Phi) is 0.673. The fraction of sp³-hybridized carbons (Fsp3) is 1.00. The van der Waals surface area contributed by atoms with Crippen LogP contribution in [0.1, 0.15) is 25.7 Å². The molecular formula is C20H18B2. The van der Waals surface area contributed by atoms with Crippen LogP contribution >= 0.6 is 0 Å². The molecule has 0 nitrogen and oxygen atoms in total. The molecule has 2 heteroatoms. The molecule has 16 unspecified atom stereocenters. The zero-order valence-electron chi connectivity index (χ0n) is 12.8. The van der Waals surface area contributed by atoms with Crippen LogP contribution in [0.4, 0.5) is 0 Å². The lowest BCUT2D eigenvalue weighted by Gasteiger charge is -3.17. The minimum absolute atomic E-state index is 0.841. The highest BCUT2D eigenvalue weighted by Crippen LogP contribution is 3.32. The zero-order valence-corrected chi connectivity index (χ0v) is 12.8. The summed E-state index contributed by atoms with van der Waals surface area (Å²) in [5.41, 5.74) is 2.93. The predicted molar refractivity (Wildman–Crippen MR) is 80.5 cm³/mol. The predicted octanol–water partition coefficient (Wildman–Crippen LogP) is 2.89. The van der Waals surface area contributed by atoms with Crippen molar-refractivity contribution in [3.8, 4) is 0 Å². The molecule has 0 aromatic heterocycles. The van der Waals surface area contributed by atoms with Crippen molar-refractivity contribution < 1.29 is 0 Å². The maximum absolute atomic E-state index is 3.23. The Balaban J connectivity index is 1.37. The Morgan fingerprint density at radius 1 is 0.636 bits per heavy atom. The highest BCUT2D eigenvalue weighted by Gasteiger charge is 3.24. The smallest absolute Gasteiger partial charge is 0.0646 e. The van der Waals surface area contributed by atoms with Crippen LogP contribution in [0.2, 0.25) is 21.8 Å². The van der Waals surface area contributed by atoms with Gasteiger partial charge in [-0.3, -0.25) is 0 Å². The summed E-state index contributed by atoms with van der Waals surface area (Å²) in [6.07, 6.45) is 6.76. The van der Waals surface area contributed by atoms with Crippen molar-refractivity contribution in [1.29, 1.82) is 0 Å². The monoisotopic (exact) mass is 280 g/mol. The van der Waals surface area contributed by atoms with Gasteiger partial charge in [-0.25, -0.2) is 0 Å². The van der Waals surface area contributed by atoms with Gasteiger partial charge in [-0.1, -0.05) is 12.2 Å². The third-order valence-corrected chi connectivity index (χ3v) is 14.9. The molecule has 8 aliphatic carbocycles. The number of hydrogen-bond acceptors (Lipinski definition) is 0. The molecule has 0 amide bonds. The van der Waals surface area contributed by atoms with Crippen LogP contribution in [-0.2, 0) is 0 Å². The molecule has 22 heavy (non-hydrogen) atoms. The molecule has 104 valence electrons. The molecule has 6 spiro atoms. The number of hydrogen-bond donors (Lipinski definition) is 0. The van der Waals surface area contributed by atoms with Gasteiger partial charge in [0.1, 0.15) is 14.6 Å². The second-order valence-corrected chi connectivity index (χ2v) is 12.4. The van der Waals surface area contributed by atoms with Gasteiger partial charge in [-0.15, -0.1) is 0 Å². The van der Waals surface area contributed by atoms with Crippen LogP contribution in [0.3, 0.4) is 0 Å². The molecule has 4 bridgehead atoms. The Morgan fingerprint density at radius 3 is 2.50 bits per heavy atom. The Bertz CT molecular complexity index is 898. The average molecular weight is 280 g/mol. The van der Waals surface area contributed by atoms with Crippen LogP contribution in [-0.4, -0.2) is 14.6 Å². The van der Waals surface area contributed by atoms with E-state index >= 15 is 0 Å². The van der Waals surface area contributed by atoms with E-state index in [0.717, 1.165) is 38.0 Å². The zero-order chi connectivity index (χ0) is 13.0. The first-order valence-electron chi connectivity index (χ1n) is 10.6. The minimum Gasteiger partial charge on any atom is -0.0646 e. The lowest BCUT2D eigenvalue weighted by molar-refractivity contribution is -0.647. The minimum atomic E-state index is 0.841. The molecule has 2 radical (unpaired) electrons. The second-order valence-electron chi connectivity index (χ2n) is 12.4. The Labute approximate surface area is 132 Å². The standard InChI is InChI=1S/C20H18B2/c1-5-6-2-10-14-11-4-12-7-3-9-13-8(1)15(5)17(6,10)22-20(14)18(13,15)16(7,9)19(11,20)21-12/h5-14H,1-4H2. The van der Waals surface area contributed by atoms with Crippen LogP contribution in [0.25, 0.3) is 0 Å². The van der Waals surface area contributed by atoms with Crippen molar-refractivity contribution in [3.05, 3.63) is 0 Å². The Morgan fingerprint density at radius 2 is 1.50 bits per heavy atom. The maximum atomic E-state index is 3.23. The van der Waals surface area contributed by atoms with Crippen LogP contribution in [0, 0.1) is 69.5 Å². The first-order valence-corrected chi connectivity index (χ1v) is 10.6. The lowest BCUT2D eigenvalue weighted by atomic mass is 8.86. The third-order valence-electron chi connectivity index (χ3n) is 14.9. The summed E-state index contributed by atoms with van der Waals surface area (Å²) in [5, 5.41) is 2.57. The molecule has 0 N–H and O–H groups in total. The van der Waals surface area contributed by atoms with Crippen molar-refractivity contribution in [2.24, 2.45) is 69.5 Å². The van der Waals surface area contributed by atoms with Gasteiger partial charge in [-0.2, -0.15) is 0 Å². The molecule has 0 aromatic rings. The molecule has 4 aliphatic heterocycles. The van der Waals surface area contributed by atoms with E-state index in [9.17, 15) is 0 Å². The van der Waals surface area contributed by atoms with Gasteiger partial charge >= 0.3 is 0 Å². The summed E-state index contributed by atoms with van der Waals surface area (Å²) in [5.74, 6) is 12.3. The molecule has 12 fully saturated rings. The normalized spacial score (nSPS) is 107. The van der Waals surface area contributed by atoms with Gasteiger partial charge in [0.25, 0.3) is 0 Å². The van der Waals surface area contributed by atoms with Crippen molar-refractivity contribution in [1.82, 2.24) is 0 Å². The summed E-state index contributed by atoms with van der Waals surface area (Å²) in [6, 6.07) is 0. The van der Waals surface area contributed by atoms with E-state index in [1.54, 1.807) is 25.7 Å². The summed E-state index contributed by atoms with van der Waals surface area (Å²) < 4.78 is 0. The van der Waals surface area contributed by atoms with E-state index < -0.39 is 0 Å². The van der Waals surface area contributed by atoms with Gasteiger partial charge in [-0.05, 0) is 105 Å². The van der Waals surface area contributed by atoms with E-state index in [2.05, 4.69) is 14.6 Å². The molecule has 16 atom stereocenters. The van der Waals surface area contributed by atoms with E-state index in [-0.39, 0.29) is 0 Å². The van der Waals surface area contributed by atoms with Crippen molar-refractivity contribution >= 4 is 14.6 Å². The maximum Gasteiger partial charge on any atom is 0.128 e. The van der Waals surface area contributed by atoms with Gasteiger partial charge in [0.15, 0.2) is 0 Å². The van der Waals surface area contributed by atoms with Crippen molar-refractivity contribution in [3.63, 3.8) is 0 Å². The first-order chi connectivity index (χ1) is 10.8. The molecule has 4 heterocycles. The summed E-state index contributed by atoms with van der Waals surface area (Å²) in [6.45, 7) is 0. The van der Waals surface area contributed by atoms with Gasteiger partial charge in [0.2, 0.25) is 0 Å². The molecule has 0 aromatic carbocycles. The van der Waals surface area contributed by atoms with Crippen LogP contribution < -0.4 is 0 Å². The van der Waals surface area contributed by atoms with Crippen LogP contribution in [0.15, 0.2) is 0 Å². The fourth-order valence-electron chi connectivity index (χ4n) is 16.9. The van der Waals surface area contributed by atoms with Gasteiger partial charge < -0.3 is 0 Å². The number of fused-ring (bicyclic) bond motifs is 7. The fourth-order valence-corrected chi connectivity index (χ4v) is 16.9. The largest absolute Gasteiger partial charge is 0.128 e. The summed E-state index contributed by atoms with van der Waals surface area (Å²) in [4.78, 5) is 0. The SMILES string of the molecule is [B]1C2CC3C4C5CC6C7CC8C9C%10CC2C%102C13C41[B]C56C78C912. The van der Waals surface area contributed by atoms with Crippen molar-refractivity contribution in [2.75, 3.05) is 0 Å². The average Bonchev–Trinajstić information content (AvgIpc) is 3.08. The molecular weight excluding hydrogens is 262 g/mol. The highest BCUT2D eigenvalue weighted by atomic mass is 15.2. The Hall–Kier alpha value is 0.130. The van der Waals surface area contributed by atoms with E-state index in [0.29, 0.717) is 0 Å². The van der Waals surface area contributed by atoms with Crippen LogP contribution in [0.5, 0.6) is 0 Å². The summed E-state index contributed by atoms with van der Waals surface area (Å²) >= 11 is 0. The molecule has 12 rings (SSSR count). The third kappa shape index (κ3) is 0.291.